The highest BCUT2D eigenvalue weighted by Gasteiger charge is 2.23. The van der Waals surface area contributed by atoms with E-state index < -0.39 is 28.2 Å². The normalized spacial score (nSPS) is 10.0. The van der Waals surface area contributed by atoms with E-state index in [4.69, 9.17) is 23.2 Å². The minimum absolute atomic E-state index is 0.0282. The molecule has 0 amide bonds. The lowest BCUT2D eigenvalue weighted by Crippen LogP contribution is -2.18. The van der Waals surface area contributed by atoms with Crippen molar-refractivity contribution >= 4 is 35.0 Å². The first-order valence-corrected chi connectivity index (χ1v) is 5.09. The van der Waals surface area contributed by atoms with Crippen molar-refractivity contribution < 1.29 is 18.7 Å². The number of hydrogen-bond donors (Lipinski definition) is 0. The number of esters is 1. The second-order valence-electron chi connectivity index (χ2n) is 2.77. The molecule has 3 nitrogen and oxygen atoms in total. The Labute approximate surface area is 101 Å². The second kappa shape index (κ2) is 5.27. The Hall–Kier alpha value is -1.13. The summed E-state index contributed by atoms with van der Waals surface area (Å²) in [4.78, 5) is 22.5. The van der Waals surface area contributed by atoms with Crippen LogP contribution in [-0.4, -0.2) is 18.4 Å². The Bertz CT molecular complexity index is 446. The van der Waals surface area contributed by atoms with E-state index in [2.05, 4.69) is 4.74 Å². The molecule has 0 bridgehead atoms. The summed E-state index contributed by atoms with van der Waals surface area (Å²) in [7, 11) is 0. The van der Waals surface area contributed by atoms with Crippen LogP contribution in [0.3, 0.4) is 0 Å². The van der Waals surface area contributed by atoms with Crippen LogP contribution in [0.4, 0.5) is 4.39 Å². The first-order chi connectivity index (χ1) is 7.49. The summed E-state index contributed by atoms with van der Waals surface area (Å²) >= 11 is 11.0. The molecule has 1 rings (SSSR count). The van der Waals surface area contributed by atoms with Crippen molar-refractivity contribution in [3.8, 4) is 0 Å². The number of halogens is 3. The Morgan fingerprint density at radius 3 is 2.56 bits per heavy atom. The van der Waals surface area contributed by atoms with E-state index in [1.165, 1.54) is 13.0 Å². The standard InChI is InChI=1S/C10H7Cl2FO3/c1-2-16-10(15)9(14)5-3-4-6(11)7(12)8(5)13/h3-4H,2H2,1H3. The van der Waals surface area contributed by atoms with Gasteiger partial charge < -0.3 is 4.74 Å². The van der Waals surface area contributed by atoms with E-state index in [0.717, 1.165) is 6.07 Å². The number of Topliss-reactive ketones (excluding diaryl/α,β-unsaturated/α-hetero) is 1. The van der Waals surface area contributed by atoms with E-state index in [-0.39, 0.29) is 11.6 Å². The molecule has 0 saturated heterocycles. The van der Waals surface area contributed by atoms with Gasteiger partial charge in [0.05, 0.1) is 22.2 Å². The predicted molar refractivity (Wildman–Crippen MR) is 57.4 cm³/mol. The maximum Gasteiger partial charge on any atom is 0.379 e. The van der Waals surface area contributed by atoms with Crippen LogP contribution in [0, 0.1) is 5.82 Å². The summed E-state index contributed by atoms with van der Waals surface area (Å²) in [6, 6.07) is 2.32. The molecule has 0 aliphatic carbocycles. The van der Waals surface area contributed by atoms with E-state index in [0.29, 0.717) is 0 Å². The molecule has 0 aromatic heterocycles. The first-order valence-electron chi connectivity index (χ1n) is 4.34. The van der Waals surface area contributed by atoms with Crippen molar-refractivity contribution in [1.29, 1.82) is 0 Å². The molecule has 0 spiro atoms. The maximum absolute atomic E-state index is 13.5. The lowest BCUT2D eigenvalue weighted by atomic mass is 10.1. The van der Waals surface area contributed by atoms with Crippen LogP contribution < -0.4 is 0 Å². The summed E-state index contributed by atoms with van der Waals surface area (Å²) in [6.07, 6.45) is 0. The van der Waals surface area contributed by atoms with Gasteiger partial charge in [-0.3, -0.25) is 4.79 Å². The van der Waals surface area contributed by atoms with Gasteiger partial charge in [0.15, 0.2) is 5.82 Å². The highest BCUT2D eigenvalue weighted by molar-refractivity contribution is 6.44. The van der Waals surface area contributed by atoms with Gasteiger partial charge in [-0.25, -0.2) is 9.18 Å². The van der Waals surface area contributed by atoms with Crippen LogP contribution in [0.25, 0.3) is 0 Å². The third kappa shape index (κ3) is 2.51. The average Bonchev–Trinajstić information content (AvgIpc) is 2.26. The summed E-state index contributed by atoms with van der Waals surface area (Å²) in [5.74, 6) is -3.23. The molecule has 0 aliphatic rings. The fraction of sp³-hybridized carbons (Fsp3) is 0.200. The highest BCUT2D eigenvalue weighted by atomic mass is 35.5. The monoisotopic (exact) mass is 264 g/mol. The molecule has 0 unspecified atom stereocenters. The number of rotatable bonds is 3. The first kappa shape index (κ1) is 12.9. The summed E-state index contributed by atoms with van der Waals surface area (Å²) in [6.45, 7) is 1.57. The predicted octanol–water partition coefficient (Wildman–Crippen LogP) is 2.88. The average molecular weight is 265 g/mol. The molecule has 0 aliphatic heterocycles. The van der Waals surface area contributed by atoms with Crippen LogP contribution in [0.5, 0.6) is 0 Å². The third-order valence-corrected chi connectivity index (χ3v) is 2.52. The lowest BCUT2D eigenvalue weighted by molar-refractivity contribution is -0.137. The van der Waals surface area contributed by atoms with Crippen molar-refractivity contribution in [3.05, 3.63) is 33.6 Å². The van der Waals surface area contributed by atoms with Gasteiger partial charge >= 0.3 is 5.97 Å². The Balaban J connectivity index is 3.10. The number of ether oxygens (including phenoxy) is 1. The van der Waals surface area contributed by atoms with Gasteiger partial charge in [0.2, 0.25) is 0 Å². The molecule has 6 heteroatoms. The van der Waals surface area contributed by atoms with Gasteiger partial charge in [0.1, 0.15) is 0 Å². The van der Waals surface area contributed by atoms with Crippen LogP contribution in [0.1, 0.15) is 17.3 Å². The van der Waals surface area contributed by atoms with Crippen LogP contribution in [-0.2, 0) is 9.53 Å². The largest absolute Gasteiger partial charge is 0.460 e. The Morgan fingerprint density at radius 2 is 2.00 bits per heavy atom. The third-order valence-electron chi connectivity index (χ3n) is 1.74. The van der Waals surface area contributed by atoms with Gasteiger partial charge in [0.25, 0.3) is 5.78 Å². The zero-order valence-electron chi connectivity index (χ0n) is 8.22. The molecule has 1 aromatic carbocycles. The smallest absolute Gasteiger partial charge is 0.379 e. The van der Waals surface area contributed by atoms with Crippen molar-refractivity contribution in [2.24, 2.45) is 0 Å². The number of carbonyl (C=O) groups excluding carboxylic acids is 2. The molecule has 1 aromatic rings. The minimum Gasteiger partial charge on any atom is -0.460 e. The van der Waals surface area contributed by atoms with Crippen LogP contribution in [0.2, 0.25) is 10.0 Å². The molecule has 0 N–H and O–H groups in total. The van der Waals surface area contributed by atoms with E-state index in [1.807, 2.05) is 0 Å². The fourth-order valence-corrected chi connectivity index (χ4v) is 1.32. The second-order valence-corrected chi connectivity index (χ2v) is 3.56. The molecule has 0 heterocycles. The molecule has 0 saturated carbocycles. The number of benzene rings is 1. The topological polar surface area (TPSA) is 43.4 Å². The quantitative estimate of drug-likeness (QED) is 0.365. The summed E-state index contributed by atoms with van der Waals surface area (Å²) in [5.41, 5.74) is -0.451. The van der Waals surface area contributed by atoms with Crippen LogP contribution >= 0.6 is 23.2 Å². The fourth-order valence-electron chi connectivity index (χ4n) is 1.01. The molecule has 86 valence electrons. The highest BCUT2D eigenvalue weighted by Crippen LogP contribution is 2.27. The van der Waals surface area contributed by atoms with E-state index >= 15 is 0 Å². The molecular weight excluding hydrogens is 258 g/mol. The van der Waals surface area contributed by atoms with Gasteiger partial charge in [0, 0.05) is 0 Å². The minimum atomic E-state index is -1.13. The molecular formula is C10H7Cl2FO3. The van der Waals surface area contributed by atoms with E-state index in [9.17, 15) is 14.0 Å². The zero-order chi connectivity index (χ0) is 12.3. The number of carbonyl (C=O) groups is 2. The number of ketones is 1. The molecule has 0 fully saturated rings. The van der Waals surface area contributed by atoms with Gasteiger partial charge in [-0.15, -0.1) is 0 Å². The van der Waals surface area contributed by atoms with Gasteiger partial charge in [-0.05, 0) is 19.1 Å². The molecule has 0 radical (unpaired) electrons. The molecule has 0 atom stereocenters. The van der Waals surface area contributed by atoms with Gasteiger partial charge in [-0.1, -0.05) is 23.2 Å². The van der Waals surface area contributed by atoms with Crippen molar-refractivity contribution in [2.45, 2.75) is 6.92 Å². The zero-order valence-corrected chi connectivity index (χ0v) is 9.73. The molecule has 16 heavy (non-hydrogen) atoms. The van der Waals surface area contributed by atoms with Crippen LogP contribution in [0.15, 0.2) is 12.1 Å². The van der Waals surface area contributed by atoms with Crippen molar-refractivity contribution in [3.63, 3.8) is 0 Å². The van der Waals surface area contributed by atoms with Crippen molar-refractivity contribution in [2.75, 3.05) is 6.61 Å². The Morgan fingerprint density at radius 1 is 1.38 bits per heavy atom. The summed E-state index contributed by atoms with van der Waals surface area (Å²) < 4.78 is 17.9. The maximum atomic E-state index is 13.5. The lowest BCUT2D eigenvalue weighted by Gasteiger charge is -2.04. The Kier molecular flexibility index (Phi) is 4.26. The van der Waals surface area contributed by atoms with Gasteiger partial charge in [-0.2, -0.15) is 0 Å². The number of hydrogen-bond acceptors (Lipinski definition) is 3. The summed E-state index contributed by atoms with van der Waals surface area (Å²) in [5, 5.41) is -0.420. The van der Waals surface area contributed by atoms with Crippen molar-refractivity contribution in [1.82, 2.24) is 0 Å². The SMILES string of the molecule is CCOC(=O)C(=O)c1ccc(Cl)c(Cl)c1F. The van der Waals surface area contributed by atoms with E-state index in [1.54, 1.807) is 0 Å².